The maximum atomic E-state index is 11.7. The number of aromatic nitrogens is 1. The van der Waals surface area contributed by atoms with E-state index < -0.39 is 0 Å². The van der Waals surface area contributed by atoms with Gasteiger partial charge in [0.25, 0.3) is 0 Å². The van der Waals surface area contributed by atoms with Crippen LogP contribution in [0.5, 0.6) is 0 Å². The Morgan fingerprint density at radius 1 is 1.45 bits per heavy atom. The third kappa shape index (κ3) is 3.22. The Kier molecular flexibility index (Phi) is 4.83. The number of hydrogen-bond acceptors (Lipinski definition) is 3. The van der Waals surface area contributed by atoms with Crippen LogP contribution < -0.4 is 5.32 Å². The van der Waals surface area contributed by atoms with E-state index in [-0.39, 0.29) is 17.9 Å². The minimum absolute atomic E-state index is 0.180. The van der Waals surface area contributed by atoms with Gasteiger partial charge in [-0.05, 0) is 29.7 Å². The van der Waals surface area contributed by atoms with Crippen LogP contribution in [0.4, 0.5) is 0 Å². The van der Waals surface area contributed by atoms with Crippen molar-refractivity contribution in [2.24, 2.45) is 5.92 Å². The number of halogens is 1. The molecule has 1 aromatic heterocycles. The summed E-state index contributed by atoms with van der Waals surface area (Å²) in [5, 5.41) is 4.43. The smallest absolute Gasteiger partial charge is 0.323 e. The molecular weight excluding hydrogens is 320 g/mol. The Bertz CT molecular complexity index is 607. The van der Waals surface area contributed by atoms with Gasteiger partial charge < -0.3 is 9.72 Å². The van der Waals surface area contributed by atoms with E-state index >= 15 is 0 Å². The lowest BCUT2D eigenvalue weighted by atomic mass is 10.0. The molecule has 0 fully saturated rings. The predicted octanol–water partition coefficient (Wildman–Crippen LogP) is 3.22. The molecule has 0 radical (unpaired) electrons. The summed E-state index contributed by atoms with van der Waals surface area (Å²) in [6.45, 7) is 4.62. The number of methoxy groups -OCH3 is 1. The molecule has 0 aliphatic rings. The standard InChI is InChI=1S/C15H19BrN2O2/c1-9(2)14(15(19)20-3)18-8-10-7-17-13-5-4-11(16)6-12(10)13/h4-7,9,14,17-18H,8H2,1-3H3. The van der Waals surface area contributed by atoms with Gasteiger partial charge in [0, 0.05) is 28.1 Å². The number of benzene rings is 1. The van der Waals surface area contributed by atoms with Gasteiger partial charge in [0.1, 0.15) is 6.04 Å². The van der Waals surface area contributed by atoms with E-state index in [4.69, 9.17) is 4.74 Å². The quantitative estimate of drug-likeness (QED) is 0.823. The average Bonchev–Trinajstić information content (AvgIpc) is 2.80. The third-order valence-electron chi connectivity index (χ3n) is 3.36. The zero-order chi connectivity index (χ0) is 14.7. The van der Waals surface area contributed by atoms with E-state index in [1.54, 1.807) is 0 Å². The lowest BCUT2D eigenvalue weighted by molar-refractivity contribution is -0.144. The summed E-state index contributed by atoms with van der Waals surface area (Å²) in [6.07, 6.45) is 1.97. The fourth-order valence-electron chi connectivity index (χ4n) is 2.23. The number of aromatic amines is 1. The normalized spacial score (nSPS) is 12.8. The molecule has 1 atom stereocenters. The van der Waals surface area contributed by atoms with Crippen molar-refractivity contribution in [3.63, 3.8) is 0 Å². The van der Waals surface area contributed by atoms with Crippen LogP contribution in [0.25, 0.3) is 10.9 Å². The van der Waals surface area contributed by atoms with Crippen LogP contribution in [0.15, 0.2) is 28.9 Å². The first-order valence-electron chi connectivity index (χ1n) is 6.59. The summed E-state index contributed by atoms with van der Waals surface area (Å²) in [5.41, 5.74) is 2.22. The molecule has 20 heavy (non-hydrogen) atoms. The Labute approximate surface area is 127 Å². The third-order valence-corrected chi connectivity index (χ3v) is 3.86. The van der Waals surface area contributed by atoms with Gasteiger partial charge in [0.05, 0.1) is 7.11 Å². The van der Waals surface area contributed by atoms with Gasteiger partial charge in [0.2, 0.25) is 0 Å². The molecule has 2 rings (SSSR count). The van der Waals surface area contributed by atoms with E-state index in [1.165, 1.54) is 7.11 Å². The van der Waals surface area contributed by atoms with Gasteiger partial charge >= 0.3 is 5.97 Å². The molecular formula is C15H19BrN2O2. The van der Waals surface area contributed by atoms with E-state index in [0.29, 0.717) is 6.54 Å². The van der Waals surface area contributed by atoms with Gasteiger partial charge in [-0.3, -0.25) is 10.1 Å². The summed E-state index contributed by atoms with van der Waals surface area (Å²) in [7, 11) is 1.42. The molecule has 0 spiro atoms. The Balaban J connectivity index is 2.15. The molecule has 2 N–H and O–H groups in total. The molecule has 1 aromatic carbocycles. The van der Waals surface area contributed by atoms with Crippen molar-refractivity contribution in [3.8, 4) is 0 Å². The second kappa shape index (κ2) is 6.41. The van der Waals surface area contributed by atoms with Crippen molar-refractivity contribution in [2.45, 2.75) is 26.4 Å². The largest absolute Gasteiger partial charge is 0.468 e. The van der Waals surface area contributed by atoms with Crippen molar-refractivity contribution in [3.05, 3.63) is 34.4 Å². The summed E-state index contributed by atoms with van der Waals surface area (Å²) >= 11 is 3.48. The molecule has 0 aliphatic carbocycles. The van der Waals surface area contributed by atoms with E-state index in [9.17, 15) is 4.79 Å². The van der Waals surface area contributed by atoms with Crippen molar-refractivity contribution in [1.82, 2.24) is 10.3 Å². The Hall–Kier alpha value is -1.33. The lowest BCUT2D eigenvalue weighted by Gasteiger charge is -2.19. The maximum absolute atomic E-state index is 11.7. The molecule has 0 saturated heterocycles. The highest BCUT2D eigenvalue weighted by molar-refractivity contribution is 9.10. The molecule has 0 bridgehead atoms. The average molecular weight is 339 g/mol. The highest BCUT2D eigenvalue weighted by Gasteiger charge is 2.22. The molecule has 108 valence electrons. The van der Waals surface area contributed by atoms with E-state index in [2.05, 4.69) is 32.3 Å². The zero-order valence-electron chi connectivity index (χ0n) is 11.9. The van der Waals surface area contributed by atoms with Crippen molar-refractivity contribution in [1.29, 1.82) is 0 Å². The number of ether oxygens (including phenoxy) is 1. The van der Waals surface area contributed by atoms with Crippen LogP contribution >= 0.6 is 15.9 Å². The van der Waals surface area contributed by atoms with E-state index in [1.807, 2.05) is 32.2 Å². The topological polar surface area (TPSA) is 54.1 Å². The second-order valence-corrected chi connectivity index (χ2v) is 6.05. The second-order valence-electron chi connectivity index (χ2n) is 5.13. The number of rotatable bonds is 5. The summed E-state index contributed by atoms with van der Waals surface area (Å²) in [6, 6.07) is 5.81. The molecule has 5 heteroatoms. The SMILES string of the molecule is COC(=O)C(NCc1c[nH]c2ccc(Br)cc12)C(C)C. The minimum atomic E-state index is -0.294. The maximum Gasteiger partial charge on any atom is 0.323 e. The highest BCUT2D eigenvalue weighted by atomic mass is 79.9. The molecule has 2 aromatic rings. The number of carbonyl (C=O) groups excluding carboxylic acids is 1. The fraction of sp³-hybridized carbons (Fsp3) is 0.400. The first-order chi connectivity index (χ1) is 9.52. The van der Waals surface area contributed by atoms with Crippen LogP contribution in [0.3, 0.4) is 0 Å². The van der Waals surface area contributed by atoms with Gasteiger partial charge in [-0.15, -0.1) is 0 Å². The van der Waals surface area contributed by atoms with Gasteiger partial charge in [-0.2, -0.15) is 0 Å². The van der Waals surface area contributed by atoms with Crippen molar-refractivity contribution >= 4 is 32.8 Å². The number of fused-ring (bicyclic) bond motifs is 1. The first kappa shape index (κ1) is 15.1. The highest BCUT2D eigenvalue weighted by Crippen LogP contribution is 2.22. The summed E-state index contributed by atoms with van der Waals surface area (Å²) in [4.78, 5) is 15.0. The van der Waals surface area contributed by atoms with Crippen molar-refractivity contribution < 1.29 is 9.53 Å². The molecule has 1 heterocycles. The summed E-state index contributed by atoms with van der Waals surface area (Å²) < 4.78 is 5.87. The molecule has 0 amide bonds. The van der Waals surface area contributed by atoms with Gasteiger partial charge in [-0.25, -0.2) is 0 Å². The van der Waals surface area contributed by atoms with Gasteiger partial charge in [0.15, 0.2) is 0 Å². The molecule has 1 unspecified atom stereocenters. The summed E-state index contributed by atoms with van der Waals surface area (Å²) in [5.74, 6) is -0.0413. The number of esters is 1. The molecule has 0 aliphatic heterocycles. The number of H-pyrrole nitrogens is 1. The van der Waals surface area contributed by atoms with Crippen molar-refractivity contribution in [2.75, 3.05) is 7.11 Å². The monoisotopic (exact) mass is 338 g/mol. The van der Waals surface area contributed by atoms with E-state index in [0.717, 1.165) is 20.9 Å². The lowest BCUT2D eigenvalue weighted by Crippen LogP contribution is -2.41. The fourth-order valence-corrected chi connectivity index (χ4v) is 2.60. The van der Waals surface area contributed by atoms with Crippen LogP contribution in [-0.4, -0.2) is 24.1 Å². The zero-order valence-corrected chi connectivity index (χ0v) is 13.5. The van der Waals surface area contributed by atoms with Crippen LogP contribution in [0.1, 0.15) is 19.4 Å². The van der Waals surface area contributed by atoms with Gasteiger partial charge in [-0.1, -0.05) is 29.8 Å². The molecule has 0 saturated carbocycles. The minimum Gasteiger partial charge on any atom is -0.468 e. The van der Waals surface area contributed by atoms with Crippen LogP contribution in [-0.2, 0) is 16.1 Å². The predicted molar refractivity (Wildman–Crippen MR) is 83.5 cm³/mol. The Morgan fingerprint density at radius 2 is 2.20 bits per heavy atom. The first-order valence-corrected chi connectivity index (χ1v) is 7.39. The number of hydrogen-bond donors (Lipinski definition) is 2. The molecule has 4 nitrogen and oxygen atoms in total. The number of carbonyl (C=O) groups is 1. The van der Waals surface area contributed by atoms with Crippen LogP contribution in [0, 0.1) is 5.92 Å². The van der Waals surface area contributed by atoms with Crippen LogP contribution in [0.2, 0.25) is 0 Å². The Morgan fingerprint density at radius 3 is 2.85 bits per heavy atom. The number of nitrogens with one attached hydrogen (secondary N) is 2.